The second-order valence-corrected chi connectivity index (χ2v) is 5.25. The number of imidazole rings is 1. The van der Waals surface area contributed by atoms with Gasteiger partial charge < -0.3 is 9.88 Å². The number of hydrogen-bond donors (Lipinski definition) is 1. The zero-order chi connectivity index (χ0) is 14.8. The highest BCUT2D eigenvalue weighted by molar-refractivity contribution is 7.09. The van der Waals surface area contributed by atoms with Crippen LogP contribution in [0.1, 0.15) is 35.9 Å². The van der Waals surface area contributed by atoms with Crippen LogP contribution >= 0.6 is 11.3 Å². The quantitative estimate of drug-likeness (QED) is 0.923. The van der Waals surface area contributed by atoms with Crippen LogP contribution in [0.4, 0.5) is 13.2 Å². The predicted molar refractivity (Wildman–Crippen MR) is 70.2 cm³/mol. The largest absolute Gasteiger partial charge is 0.434 e. The van der Waals surface area contributed by atoms with Crippen LogP contribution in [0, 0.1) is 0 Å². The third-order valence-electron chi connectivity index (χ3n) is 2.95. The minimum absolute atomic E-state index is 0.201. The van der Waals surface area contributed by atoms with Crippen LogP contribution in [0.2, 0.25) is 0 Å². The topological polar surface area (TPSA) is 42.7 Å². The van der Waals surface area contributed by atoms with Gasteiger partial charge in [-0.2, -0.15) is 13.2 Å². The summed E-state index contributed by atoms with van der Waals surface area (Å²) in [6.07, 6.45) is -0.214. The molecule has 0 spiro atoms. The summed E-state index contributed by atoms with van der Waals surface area (Å²) in [7, 11) is 1.87. The van der Waals surface area contributed by atoms with Gasteiger partial charge in [0, 0.05) is 24.8 Å². The molecule has 0 radical (unpaired) electrons. The predicted octanol–water partition coefficient (Wildman–Crippen LogP) is 3.14. The summed E-state index contributed by atoms with van der Waals surface area (Å²) in [5.41, 5.74) is -0.824. The molecule has 2 rings (SSSR count). The van der Waals surface area contributed by atoms with E-state index in [1.165, 1.54) is 0 Å². The fourth-order valence-electron chi connectivity index (χ4n) is 1.77. The summed E-state index contributed by atoms with van der Waals surface area (Å²) in [6.45, 7) is 2.40. The average molecular weight is 304 g/mol. The first kappa shape index (κ1) is 15.0. The fraction of sp³-hybridized carbons (Fsp3) is 0.500. The van der Waals surface area contributed by atoms with Crippen molar-refractivity contribution in [3.8, 4) is 0 Å². The van der Waals surface area contributed by atoms with Gasteiger partial charge in [-0.1, -0.05) is 6.92 Å². The zero-order valence-corrected chi connectivity index (χ0v) is 11.9. The first-order valence-electron chi connectivity index (χ1n) is 6.14. The van der Waals surface area contributed by atoms with Gasteiger partial charge in [0.2, 0.25) is 0 Å². The molecular formula is C12H15F3N4S. The maximum atomic E-state index is 12.5. The number of hydrogen-bond acceptors (Lipinski definition) is 4. The Balaban J connectivity index is 2.05. The molecule has 0 bridgehead atoms. The summed E-state index contributed by atoms with van der Waals surface area (Å²) >= 11 is 1.03. The molecule has 2 heterocycles. The Kier molecular flexibility index (Phi) is 4.44. The molecule has 1 N–H and O–H groups in total. The van der Waals surface area contributed by atoms with Crippen LogP contribution in [0.25, 0.3) is 0 Å². The number of alkyl halides is 3. The summed E-state index contributed by atoms with van der Waals surface area (Å²) in [5, 5.41) is 4.70. The second-order valence-electron chi connectivity index (χ2n) is 4.36. The van der Waals surface area contributed by atoms with Crippen molar-refractivity contribution in [2.45, 2.75) is 32.1 Å². The van der Waals surface area contributed by atoms with E-state index >= 15 is 0 Å². The molecule has 20 heavy (non-hydrogen) atoms. The Bertz CT molecular complexity index is 561. The molecule has 0 aliphatic heterocycles. The molecule has 0 unspecified atom stereocenters. The van der Waals surface area contributed by atoms with E-state index in [9.17, 15) is 13.2 Å². The molecule has 0 saturated heterocycles. The zero-order valence-electron chi connectivity index (χ0n) is 11.1. The monoisotopic (exact) mass is 304 g/mol. The molecule has 0 aliphatic carbocycles. The molecule has 0 aromatic carbocycles. The maximum Gasteiger partial charge on any atom is 0.434 e. The lowest BCUT2D eigenvalue weighted by Gasteiger charge is -2.14. The molecule has 0 aliphatic rings. The molecule has 8 heteroatoms. The smallest absolute Gasteiger partial charge is 0.337 e. The highest BCUT2D eigenvalue weighted by Crippen LogP contribution is 2.32. The van der Waals surface area contributed by atoms with E-state index in [1.54, 1.807) is 6.20 Å². The third kappa shape index (κ3) is 3.37. The normalized spacial score (nSPS) is 13.7. The van der Waals surface area contributed by atoms with Gasteiger partial charge in [0.05, 0.1) is 12.6 Å². The third-order valence-corrected chi connectivity index (χ3v) is 3.90. The number of aryl methyl sites for hydroxylation is 1. The molecule has 4 nitrogen and oxygen atoms in total. The van der Waals surface area contributed by atoms with Crippen molar-refractivity contribution in [1.82, 2.24) is 19.9 Å². The SMILES string of the molecule is CC[C@@H](NCc1nccn1C)c1nc(C(F)(F)F)cs1. The molecular weight excluding hydrogens is 289 g/mol. The molecule has 0 fully saturated rings. The van der Waals surface area contributed by atoms with Crippen LogP contribution < -0.4 is 5.32 Å². The Hall–Kier alpha value is -1.41. The number of thiazole rings is 1. The number of nitrogens with one attached hydrogen (secondary N) is 1. The van der Waals surface area contributed by atoms with E-state index in [-0.39, 0.29) is 6.04 Å². The molecule has 2 aromatic heterocycles. The lowest BCUT2D eigenvalue weighted by molar-refractivity contribution is -0.140. The summed E-state index contributed by atoms with van der Waals surface area (Å²) in [4.78, 5) is 7.84. The lowest BCUT2D eigenvalue weighted by atomic mass is 10.2. The minimum Gasteiger partial charge on any atom is -0.337 e. The second kappa shape index (κ2) is 5.92. The number of rotatable bonds is 5. The number of aromatic nitrogens is 3. The van der Waals surface area contributed by atoms with Gasteiger partial charge in [-0.05, 0) is 6.42 Å². The molecule has 0 saturated carbocycles. The standard InChI is InChI=1S/C12H15F3N4S/c1-3-8(17-6-10-16-4-5-19(10)2)11-18-9(7-20-11)12(13,14)15/h4-5,7-8,17H,3,6H2,1-2H3/t8-/m1/s1. The van der Waals surface area contributed by atoms with Gasteiger partial charge in [0.15, 0.2) is 5.69 Å². The number of nitrogens with zero attached hydrogens (tertiary/aromatic N) is 3. The first-order valence-corrected chi connectivity index (χ1v) is 7.02. The van der Waals surface area contributed by atoms with E-state index in [1.807, 2.05) is 24.7 Å². The Labute approximate surface area is 118 Å². The van der Waals surface area contributed by atoms with Crippen molar-refractivity contribution >= 4 is 11.3 Å². The van der Waals surface area contributed by atoms with Crippen molar-refractivity contribution in [2.75, 3.05) is 0 Å². The van der Waals surface area contributed by atoms with Crippen molar-refractivity contribution < 1.29 is 13.2 Å². The Morgan fingerprint density at radius 2 is 2.20 bits per heavy atom. The lowest BCUT2D eigenvalue weighted by Crippen LogP contribution is -2.22. The summed E-state index contributed by atoms with van der Waals surface area (Å²) in [6, 6.07) is -0.201. The van der Waals surface area contributed by atoms with Gasteiger partial charge in [0.1, 0.15) is 10.8 Å². The van der Waals surface area contributed by atoms with Crippen LogP contribution in [-0.2, 0) is 19.8 Å². The van der Waals surface area contributed by atoms with Gasteiger partial charge in [-0.3, -0.25) is 0 Å². The molecule has 0 amide bonds. The van der Waals surface area contributed by atoms with Gasteiger partial charge in [-0.25, -0.2) is 9.97 Å². The van der Waals surface area contributed by atoms with E-state index in [2.05, 4.69) is 15.3 Å². The van der Waals surface area contributed by atoms with Crippen LogP contribution in [0.15, 0.2) is 17.8 Å². The van der Waals surface area contributed by atoms with Crippen molar-refractivity contribution in [1.29, 1.82) is 0 Å². The molecule has 110 valence electrons. The Morgan fingerprint density at radius 3 is 2.70 bits per heavy atom. The average Bonchev–Trinajstić information content (AvgIpc) is 2.99. The highest BCUT2D eigenvalue weighted by Gasteiger charge is 2.34. The maximum absolute atomic E-state index is 12.5. The van der Waals surface area contributed by atoms with E-state index in [0.29, 0.717) is 18.0 Å². The van der Waals surface area contributed by atoms with Crippen molar-refractivity contribution in [3.63, 3.8) is 0 Å². The molecule has 2 aromatic rings. The number of halogens is 3. The van der Waals surface area contributed by atoms with Gasteiger partial charge in [-0.15, -0.1) is 11.3 Å². The van der Waals surface area contributed by atoms with Gasteiger partial charge >= 0.3 is 6.18 Å². The fourth-order valence-corrected chi connectivity index (χ4v) is 2.75. The van der Waals surface area contributed by atoms with Crippen LogP contribution in [-0.4, -0.2) is 14.5 Å². The van der Waals surface area contributed by atoms with Crippen LogP contribution in [0.5, 0.6) is 0 Å². The molecule has 1 atom stereocenters. The van der Waals surface area contributed by atoms with Gasteiger partial charge in [0.25, 0.3) is 0 Å². The van der Waals surface area contributed by atoms with E-state index < -0.39 is 11.9 Å². The van der Waals surface area contributed by atoms with Crippen LogP contribution in [0.3, 0.4) is 0 Å². The van der Waals surface area contributed by atoms with E-state index in [4.69, 9.17) is 0 Å². The first-order chi connectivity index (χ1) is 9.41. The Morgan fingerprint density at radius 1 is 1.45 bits per heavy atom. The summed E-state index contributed by atoms with van der Waals surface area (Å²) < 4.78 is 39.5. The summed E-state index contributed by atoms with van der Waals surface area (Å²) in [5.74, 6) is 0.830. The van der Waals surface area contributed by atoms with Crippen molar-refractivity contribution in [3.05, 3.63) is 34.3 Å². The van der Waals surface area contributed by atoms with E-state index in [0.717, 1.165) is 22.5 Å². The minimum atomic E-state index is -4.38. The van der Waals surface area contributed by atoms with Crippen molar-refractivity contribution in [2.24, 2.45) is 7.05 Å². The highest BCUT2D eigenvalue weighted by atomic mass is 32.1.